The number of rotatable bonds is 6. The van der Waals surface area contributed by atoms with Gasteiger partial charge < -0.3 is 24.8 Å². The molecule has 2 aromatic rings. The zero-order valence-electron chi connectivity index (χ0n) is 25.2. The minimum absolute atomic E-state index is 0.0116. The predicted octanol–water partition coefficient (Wildman–Crippen LogP) is 3.58. The summed E-state index contributed by atoms with van der Waals surface area (Å²) < 4.78 is 34.6. The summed E-state index contributed by atoms with van der Waals surface area (Å²) in [5.74, 6) is -1.95. The number of likely N-dealkylation sites (tertiary alicyclic amines) is 1. The summed E-state index contributed by atoms with van der Waals surface area (Å²) in [4.78, 5) is 41.6. The van der Waals surface area contributed by atoms with Crippen molar-refractivity contribution in [1.29, 1.82) is 5.26 Å². The molecule has 1 aliphatic carbocycles. The Hall–Kier alpha value is -4.11. The lowest BCUT2D eigenvalue weighted by atomic mass is 9.64. The van der Waals surface area contributed by atoms with Crippen molar-refractivity contribution in [3.05, 3.63) is 52.7 Å². The molecule has 10 nitrogen and oxygen atoms in total. The van der Waals surface area contributed by atoms with E-state index in [2.05, 4.69) is 29.9 Å². The third-order valence-corrected chi connectivity index (χ3v) is 9.84. The van der Waals surface area contributed by atoms with Crippen molar-refractivity contribution < 1.29 is 23.1 Å². The summed E-state index contributed by atoms with van der Waals surface area (Å²) in [6.45, 7) is 6.93. The van der Waals surface area contributed by atoms with E-state index in [4.69, 9.17) is 14.7 Å². The van der Waals surface area contributed by atoms with E-state index in [0.717, 1.165) is 36.9 Å². The number of likely N-dealkylation sites (N-methyl/N-ethyl adjacent to an activating group) is 1. The molecule has 0 saturated carbocycles. The van der Waals surface area contributed by atoms with Gasteiger partial charge in [0.05, 0.1) is 29.6 Å². The normalized spacial score (nSPS) is 24.8. The number of piperazine rings is 1. The van der Waals surface area contributed by atoms with Gasteiger partial charge in [0, 0.05) is 32.1 Å². The lowest BCUT2D eigenvalue weighted by Crippen LogP contribution is -2.56. The summed E-state index contributed by atoms with van der Waals surface area (Å²) in [6, 6.07) is 5.07. The molecule has 1 aromatic heterocycles. The van der Waals surface area contributed by atoms with E-state index in [1.54, 1.807) is 13.0 Å². The molecule has 2 saturated heterocycles. The van der Waals surface area contributed by atoms with E-state index >= 15 is 0 Å². The molecule has 1 spiro atoms. The van der Waals surface area contributed by atoms with Gasteiger partial charge in [0.1, 0.15) is 18.1 Å². The smallest absolute Gasteiger partial charge is 0.318 e. The molecule has 2 amide bonds. The van der Waals surface area contributed by atoms with Gasteiger partial charge in [0.15, 0.2) is 11.6 Å². The van der Waals surface area contributed by atoms with Crippen LogP contribution in [0.4, 0.5) is 20.3 Å². The highest BCUT2D eigenvalue weighted by Crippen LogP contribution is 2.47. The number of fused-ring (bicyclic) bond motifs is 3. The first-order valence-corrected chi connectivity index (χ1v) is 15.2. The Labute approximate surface area is 255 Å². The van der Waals surface area contributed by atoms with Crippen LogP contribution in [-0.2, 0) is 27.8 Å². The van der Waals surface area contributed by atoms with Crippen LogP contribution in [0.1, 0.15) is 54.5 Å². The quantitative estimate of drug-likeness (QED) is 0.497. The van der Waals surface area contributed by atoms with Gasteiger partial charge in [-0.15, -0.1) is 0 Å². The van der Waals surface area contributed by atoms with Gasteiger partial charge >= 0.3 is 6.01 Å². The van der Waals surface area contributed by atoms with Crippen LogP contribution in [0.2, 0.25) is 0 Å². The fourth-order valence-electron chi connectivity index (χ4n) is 7.35. The number of nitrogens with zero attached hydrogens (tertiary/aromatic N) is 6. The van der Waals surface area contributed by atoms with E-state index < -0.39 is 23.2 Å². The largest absolute Gasteiger partial charge is 0.462 e. The van der Waals surface area contributed by atoms with Gasteiger partial charge in [-0.25, -0.2) is 8.78 Å². The minimum atomic E-state index is -1.08. The number of carbonyl (C=O) groups excluding carboxylic acids is 2. The summed E-state index contributed by atoms with van der Waals surface area (Å²) in [5.41, 5.74) is 2.44. The van der Waals surface area contributed by atoms with Crippen molar-refractivity contribution in [3.8, 4) is 12.1 Å². The molecule has 3 atom stereocenters. The molecular formula is C32H37F2N7O3. The van der Waals surface area contributed by atoms with Crippen LogP contribution in [0.5, 0.6) is 6.01 Å². The van der Waals surface area contributed by atoms with Gasteiger partial charge in [-0.05, 0) is 75.4 Å². The molecule has 0 bridgehead atoms. The first-order chi connectivity index (χ1) is 21.1. The van der Waals surface area contributed by atoms with Gasteiger partial charge in [0.25, 0.3) is 5.91 Å². The van der Waals surface area contributed by atoms with Crippen molar-refractivity contribution >= 4 is 23.3 Å². The fourth-order valence-corrected chi connectivity index (χ4v) is 7.35. The van der Waals surface area contributed by atoms with Crippen molar-refractivity contribution in [1.82, 2.24) is 19.8 Å². The van der Waals surface area contributed by atoms with Crippen molar-refractivity contribution in [2.24, 2.45) is 0 Å². The molecule has 0 radical (unpaired) electrons. The number of halogens is 2. The summed E-state index contributed by atoms with van der Waals surface area (Å²) in [5, 5.41) is 12.6. The Kier molecular flexibility index (Phi) is 8.01. The SMILES string of the molecule is C=C(F)C(=O)N1CCN(c2nc(OC[C@@H]3CCCN3C)nc3c2NC(=O)C2(CCCc4c2ccc(F)c4C)C3)CC1CC#N. The molecule has 4 heterocycles. The number of hydrogen-bond donors (Lipinski definition) is 1. The lowest BCUT2D eigenvalue weighted by molar-refractivity contribution is -0.131. The highest BCUT2D eigenvalue weighted by molar-refractivity contribution is 6.04. The molecule has 44 heavy (non-hydrogen) atoms. The van der Waals surface area contributed by atoms with E-state index in [0.29, 0.717) is 48.6 Å². The van der Waals surface area contributed by atoms with Gasteiger partial charge in [-0.2, -0.15) is 15.2 Å². The Morgan fingerprint density at radius 3 is 2.80 bits per heavy atom. The number of ether oxygens (including phenoxy) is 1. The average molecular weight is 606 g/mol. The third-order valence-electron chi connectivity index (χ3n) is 9.84. The van der Waals surface area contributed by atoms with Crippen LogP contribution < -0.4 is 15.0 Å². The first-order valence-electron chi connectivity index (χ1n) is 15.2. The zero-order valence-corrected chi connectivity index (χ0v) is 25.2. The second kappa shape index (κ2) is 11.8. The minimum Gasteiger partial charge on any atom is -0.462 e. The Morgan fingerprint density at radius 1 is 1.25 bits per heavy atom. The first kappa shape index (κ1) is 29.9. The average Bonchev–Trinajstić information content (AvgIpc) is 3.42. The van der Waals surface area contributed by atoms with Crippen LogP contribution in [0.15, 0.2) is 24.5 Å². The number of nitrogens with one attached hydrogen (secondary N) is 1. The van der Waals surface area contributed by atoms with Crippen LogP contribution in [-0.4, -0.2) is 83.5 Å². The number of anilines is 2. The number of aromatic nitrogens is 2. The van der Waals surface area contributed by atoms with Crippen LogP contribution in [0.3, 0.4) is 0 Å². The number of nitriles is 1. The van der Waals surface area contributed by atoms with Crippen molar-refractivity contribution in [2.45, 2.75) is 69.4 Å². The van der Waals surface area contributed by atoms with E-state index in [1.165, 1.54) is 11.0 Å². The molecule has 6 rings (SSSR count). The standard InChI is InChI=1S/C32H37F2N7O3/c1-19-23-7-4-11-32(24(23)8-9-25(19)34)16-26-27(37-30(32)43)28(38-31(36-26)44-18-22-6-5-13-39(22)3)40-14-15-41(29(42)20(2)33)21(17-40)10-12-35/h8-9,21-22H,2,4-7,10-11,13-18H2,1,3H3,(H,37,43)/t21?,22-,32?/m0/s1. The molecule has 12 heteroatoms. The van der Waals surface area contributed by atoms with Crippen LogP contribution in [0, 0.1) is 24.1 Å². The van der Waals surface area contributed by atoms with E-state index in [1.807, 2.05) is 4.90 Å². The highest BCUT2D eigenvalue weighted by atomic mass is 19.1. The maximum absolute atomic E-state index is 14.5. The maximum atomic E-state index is 14.5. The van der Waals surface area contributed by atoms with Crippen molar-refractivity contribution in [3.63, 3.8) is 0 Å². The Balaban J connectivity index is 1.39. The summed E-state index contributed by atoms with van der Waals surface area (Å²) in [7, 11) is 2.06. The predicted molar refractivity (Wildman–Crippen MR) is 159 cm³/mol. The van der Waals surface area contributed by atoms with Gasteiger partial charge in [-0.1, -0.05) is 12.6 Å². The topological polar surface area (TPSA) is 115 Å². The third kappa shape index (κ3) is 5.17. The molecule has 3 aliphatic heterocycles. The molecular weight excluding hydrogens is 568 g/mol. The van der Waals surface area contributed by atoms with Gasteiger partial charge in [0.2, 0.25) is 5.91 Å². The second-order valence-corrected chi connectivity index (χ2v) is 12.4. The van der Waals surface area contributed by atoms with E-state index in [9.17, 15) is 23.6 Å². The number of amides is 2. The molecule has 232 valence electrons. The molecule has 2 fully saturated rings. The lowest BCUT2D eigenvalue weighted by Gasteiger charge is -2.44. The van der Waals surface area contributed by atoms with Crippen molar-refractivity contribution in [2.75, 3.05) is 50.1 Å². The number of benzene rings is 1. The fraction of sp³-hybridized carbons (Fsp3) is 0.531. The summed E-state index contributed by atoms with van der Waals surface area (Å²) >= 11 is 0. The Bertz CT molecular complexity index is 1560. The number of carbonyl (C=O) groups is 2. The highest BCUT2D eigenvalue weighted by Gasteiger charge is 2.49. The second-order valence-electron chi connectivity index (χ2n) is 12.4. The zero-order chi connectivity index (χ0) is 31.2. The van der Waals surface area contributed by atoms with Gasteiger partial charge in [-0.3, -0.25) is 9.59 Å². The molecule has 1 N–H and O–H groups in total. The van der Waals surface area contributed by atoms with Crippen LogP contribution >= 0.6 is 0 Å². The maximum Gasteiger partial charge on any atom is 0.318 e. The Morgan fingerprint density at radius 2 is 2.07 bits per heavy atom. The molecule has 4 aliphatic rings. The molecule has 2 unspecified atom stereocenters. The van der Waals surface area contributed by atoms with Crippen LogP contribution in [0.25, 0.3) is 0 Å². The number of hydrogen-bond acceptors (Lipinski definition) is 8. The summed E-state index contributed by atoms with van der Waals surface area (Å²) in [6.07, 6.45) is 4.41. The molecule has 1 aromatic carbocycles. The monoisotopic (exact) mass is 605 g/mol. The van der Waals surface area contributed by atoms with E-state index in [-0.39, 0.29) is 49.8 Å².